The predicted octanol–water partition coefficient (Wildman–Crippen LogP) is 4.40. The summed E-state index contributed by atoms with van der Waals surface area (Å²) < 4.78 is 11.1. The third-order valence-corrected chi connectivity index (χ3v) is 4.99. The van der Waals surface area contributed by atoms with Crippen molar-refractivity contribution in [1.82, 2.24) is 15.0 Å². The van der Waals surface area contributed by atoms with Crippen LogP contribution in [0.2, 0.25) is 0 Å². The van der Waals surface area contributed by atoms with Gasteiger partial charge < -0.3 is 9.26 Å². The second-order valence-corrected chi connectivity index (χ2v) is 6.90. The largest absolute Gasteiger partial charge is 0.494 e. The van der Waals surface area contributed by atoms with Crippen molar-refractivity contribution in [1.29, 1.82) is 0 Å². The summed E-state index contributed by atoms with van der Waals surface area (Å²) in [6.07, 6.45) is 3.04. The van der Waals surface area contributed by atoms with Crippen LogP contribution in [0.5, 0.6) is 5.75 Å². The first-order valence-corrected chi connectivity index (χ1v) is 9.64. The first-order chi connectivity index (χ1) is 13.3. The Kier molecular flexibility index (Phi) is 5.49. The van der Waals surface area contributed by atoms with Crippen molar-refractivity contribution in [3.8, 4) is 5.75 Å². The summed E-state index contributed by atoms with van der Waals surface area (Å²) in [5.74, 6) is 2.36. The Morgan fingerprint density at radius 3 is 2.70 bits per heavy atom. The van der Waals surface area contributed by atoms with E-state index in [1.54, 1.807) is 0 Å². The quantitative estimate of drug-likeness (QED) is 0.623. The molecule has 3 aromatic rings. The molecule has 140 valence electrons. The molecule has 0 spiro atoms. The number of benzene rings is 2. The Labute approximate surface area is 160 Å². The smallest absolute Gasteiger partial charge is 0.240 e. The normalized spacial score (nSPS) is 17.3. The average molecular weight is 363 g/mol. The van der Waals surface area contributed by atoms with Gasteiger partial charge in [0.05, 0.1) is 13.2 Å². The minimum atomic E-state index is 0.394. The molecule has 0 N–H and O–H groups in total. The standard InChI is InChI=1S/C22H25N3O2/c1-2-26-19-12-10-18(11-13-19)20-9-6-14-25(20)16-22-23-21(24-27-22)15-17-7-4-3-5-8-17/h3-5,7-8,10-13,20H,2,6,9,14-16H2,1H3/t20-/m0/s1. The van der Waals surface area contributed by atoms with E-state index in [1.165, 1.54) is 17.5 Å². The van der Waals surface area contributed by atoms with Crippen molar-refractivity contribution in [3.05, 3.63) is 77.4 Å². The third kappa shape index (κ3) is 4.37. The Hall–Kier alpha value is -2.66. The van der Waals surface area contributed by atoms with Gasteiger partial charge in [0.25, 0.3) is 0 Å². The van der Waals surface area contributed by atoms with Crippen LogP contribution in [0, 0.1) is 0 Å². The van der Waals surface area contributed by atoms with E-state index in [9.17, 15) is 0 Å². The SMILES string of the molecule is CCOc1ccc([C@@H]2CCCN2Cc2nc(Cc3ccccc3)no2)cc1. The monoisotopic (exact) mass is 363 g/mol. The maximum absolute atomic E-state index is 5.55. The van der Waals surface area contributed by atoms with Crippen LogP contribution in [0.25, 0.3) is 0 Å². The van der Waals surface area contributed by atoms with Gasteiger partial charge in [0, 0.05) is 12.5 Å². The molecule has 1 aliphatic rings. The molecule has 5 heteroatoms. The van der Waals surface area contributed by atoms with Gasteiger partial charge in [0.15, 0.2) is 5.82 Å². The molecular formula is C22H25N3O2. The molecule has 5 nitrogen and oxygen atoms in total. The second-order valence-electron chi connectivity index (χ2n) is 6.90. The molecule has 0 bridgehead atoms. The van der Waals surface area contributed by atoms with Gasteiger partial charge in [-0.1, -0.05) is 47.6 Å². The fraction of sp³-hybridized carbons (Fsp3) is 0.364. The van der Waals surface area contributed by atoms with Crippen LogP contribution in [0.1, 0.15) is 48.6 Å². The first-order valence-electron chi connectivity index (χ1n) is 9.64. The minimum absolute atomic E-state index is 0.394. The molecule has 0 unspecified atom stereocenters. The number of likely N-dealkylation sites (tertiary alicyclic amines) is 1. The molecule has 27 heavy (non-hydrogen) atoms. The molecule has 2 aromatic carbocycles. The summed E-state index contributed by atoms with van der Waals surface area (Å²) in [5.41, 5.74) is 2.51. The number of rotatable bonds is 7. The number of ether oxygens (including phenoxy) is 1. The van der Waals surface area contributed by atoms with Crippen molar-refractivity contribution in [2.45, 2.75) is 38.8 Å². The summed E-state index contributed by atoms with van der Waals surface area (Å²) in [4.78, 5) is 7.02. The molecule has 1 aromatic heterocycles. The van der Waals surface area contributed by atoms with E-state index < -0.39 is 0 Å². The number of nitrogens with zero attached hydrogens (tertiary/aromatic N) is 3. The van der Waals surface area contributed by atoms with Gasteiger partial charge in [-0.25, -0.2) is 0 Å². The lowest BCUT2D eigenvalue weighted by atomic mass is 10.0. The summed E-state index contributed by atoms with van der Waals surface area (Å²) in [5, 5.41) is 4.15. The van der Waals surface area contributed by atoms with Crippen molar-refractivity contribution in [2.24, 2.45) is 0 Å². The maximum atomic E-state index is 5.55. The highest BCUT2D eigenvalue weighted by Gasteiger charge is 2.27. The molecule has 0 aliphatic carbocycles. The van der Waals surface area contributed by atoms with E-state index in [0.29, 0.717) is 31.5 Å². The van der Waals surface area contributed by atoms with Gasteiger partial charge in [0.1, 0.15) is 5.75 Å². The third-order valence-electron chi connectivity index (χ3n) is 4.99. The molecule has 2 heterocycles. The van der Waals surface area contributed by atoms with Crippen LogP contribution in [0.3, 0.4) is 0 Å². The summed E-state index contributed by atoms with van der Waals surface area (Å²) in [7, 11) is 0. The van der Waals surface area contributed by atoms with Gasteiger partial charge in [-0.15, -0.1) is 0 Å². The highest BCUT2D eigenvalue weighted by atomic mass is 16.5. The molecule has 0 amide bonds. The molecule has 1 fully saturated rings. The van der Waals surface area contributed by atoms with E-state index >= 15 is 0 Å². The molecular weight excluding hydrogens is 338 g/mol. The Bertz CT molecular complexity index is 846. The zero-order valence-electron chi connectivity index (χ0n) is 15.7. The van der Waals surface area contributed by atoms with Crippen molar-refractivity contribution < 1.29 is 9.26 Å². The average Bonchev–Trinajstić information content (AvgIpc) is 3.33. The topological polar surface area (TPSA) is 51.4 Å². The first kappa shape index (κ1) is 17.7. The highest BCUT2D eigenvalue weighted by Crippen LogP contribution is 2.33. The van der Waals surface area contributed by atoms with Crippen molar-refractivity contribution >= 4 is 0 Å². The number of aromatic nitrogens is 2. The Balaban J connectivity index is 1.41. The fourth-order valence-electron chi connectivity index (χ4n) is 3.72. The maximum Gasteiger partial charge on any atom is 0.240 e. The lowest BCUT2D eigenvalue weighted by molar-refractivity contribution is 0.212. The van der Waals surface area contributed by atoms with Crippen LogP contribution >= 0.6 is 0 Å². The molecule has 0 saturated carbocycles. The zero-order chi connectivity index (χ0) is 18.5. The van der Waals surface area contributed by atoms with Crippen LogP contribution < -0.4 is 4.74 Å². The van der Waals surface area contributed by atoms with Gasteiger partial charge >= 0.3 is 0 Å². The fourth-order valence-corrected chi connectivity index (χ4v) is 3.72. The lowest BCUT2D eigenvalue weighted by Crippen LogP contribution is -2.23. The van der Waals surface area contributed by atoms with E-state index in [0.717, 1.165) is 24.5 Å². The minimum Gasteiger partial charge on any atom is -0.494 e. The van der Waals surface area contributed by atoms with E-state index in [4.69, 9.17) is 9.26 Å². The van der Waals surface area contributed by atoms with Gasteiger partial charge in [-0.05, 0) is 49.6 Å². The molecule has 1 atom stereocenters. The Morgan fingerprint density at radius 2 is 1.93 bits per heavy atom. The van der Waals surface area contributed by atoms with Crippen molar-refractivity contribution in [3.63, 3.8) is 0 Å². The molecule has 4 rings (SSSR count). The van der Waals surface area contributed by atoms with Crippen LogP contribution in [0.15, 0.2) is 59.1 Å². The van der Waals surface area contributed by atoms with Gasteiger partial charge in [0.2, 0.25) is 5.89 Å². The zero-order valence-corrected chi connectivity index (χ0v) is 15.7. The summed E-state index contributed by atoms with van der Waals surface area (Å²) in [6.45, 7) is 4.44. The van der Waals surface area contributed by atoms with E-state index in [1.807, 2.05) is 25.1 Å². The molecule has 1 aliphatic heterocycles. The lowest BCUT2D eigenvalue weighted by Gasteiger charge is -2.23. The van der Waals surface area contributed by atoms with Gasteiger partial charge in [-0.2, -0.15) is 4.98 Å². The van der Waals surface area contributed by atoms with Gasteiger partial charge in [-0.3, -0.25) is 4.90 Å². The van der Waals surface area contributed by atoms with Crippen molar-refractivity contribution in [2.75, 3.05) is 13.2 Å². The highest BCUT2D eigenvalue weighted by molar-refractivity contribution is 5.29. The van der Waals surface area contributed by atoms with Crippen LogP contribution in [-0.2, 0) is 13.0 Å². The number of hydrogen-bond donors (Lipinski definition) is 0. The number of hydrogen-bond acceptors (Lipinski definition) is 5. The summed E-state index contributed by atoms with van der Waals surface area (Å²) in [6, 6.07) is 19.1. The van der Waals surface area contributed by atoms with E-state index in [2.05, 4.69) is 51.4 Å². The molecule has 1 saturated heterocycles. The second kappa shape index (κ2) is 8.35. The van der Waals surface area contributed by atoms with E-state index in [-0.39, 0.29) is 0 Å². The predicted molar refractivity (Wildman–Crippen MR) is 104 cm³/mol. The summed E-state index contributed by atoms with van der Waals surface area (Å²) >= 11 is 0. The Morgan fingerprint density at radius 1 is 1.11 bits per heavy atom. The van der Waals surface area contributed by atoms with Crippen LogP contribution in [-0.4, -0.2) is 28.2 Å². The molecule has 0 radical (unpaired) electrons. The van der Waals surface area contributed by atoms with Crippen LogP contribution in [0.4, 0.5) is 0 Å².